The molecule has 112 valence electrons. The zero-order valence-corrected chi connectivity index (χ0v) is 12.5. The maximum atomic E-state index is 11.5. The molecule has 6 heteroatoms. The first-order valence-corrected chi connectivity index (χ1v) is 6.15. The van der Waals surface area contributed by atoms with Gasteiger partial charge in [-0.2, -0.15) is 0 Å². The number of nitrogens with one attached hydrogen (secondary N) is 1. The second-order valence-corrected chi connectivity index (χ2v) is 4.18. The molecule has 0 radical (unpaired) electrons. The summed E-state index contributed by atoms with van der Waals surface area (Å²) in [6.45, 7) is 1.89. The van der Waals surface area contributed by atoms with E-state index in [1.54, 1.807) is 33.5 Å². The van der Waals surface area contributed by atoms with Gasteiger partial charge in [-0.1, -0.05) is 0 Å². The summed E-state index contributed by atoms with van der Waals surface area (Å²) in [6, 6.07) is 3.41. The summed E-state index contributed by atoms with van der Waals surface area (Å²) in [4.78, 5) is 11.5. The van der Waals surface area contributed by atoms with Crippen molar-refractivity contribution in [3.8, 4) is 17.2 Å². The van der Waals surface area contributed by atoms with Crippen LogP contribution in [0.5, 0.6) is 17.2 Å². The first-order chi connectivity index (χ1) is 9.57. The lowest BCUT2D eigenvalue weighted by Crippen LogP contribution is -2.29. The van der Waals surface area contributed by atoms with Crippen molar-refractivity contribution >= 4 is 5.91 Å². The van der Waals surface area contributed by atoms with E-state index in [1.807, 2.05) is 6.92 Å². The Bertz CT molecular complexity index is 436. The molecular formula is C14H21NO5. The maximum absolute atomic E-state index is 11.5. The van der Waals surface area contributed by atoms with E-state index in [0.717, 1.165) is 5.56 Å². The van der Waals surface area contributed by atoms with Crippen molar-refractivity contribution in [1.29, 1.82) is 0 Å². The third kappa shape index (κ3) is 3.77. The van der Waals surface area contributed by atoms with Crippen LogP contribution in [0.3, 0.4) is 0 Å². The first kappa shape index (κ1) is 16.1. The number of benzene rings is 1. The molecule has 0 unspecified atom stereocenters. The molecule has 1 N–H and O–H groups in total. The number of ether oxygens (including phenoxy) is 4. The average molecular weight is 283 g/mol. The van der Waals surface area contributed by atoms with Crippen LogP contribution >= 0.6 is 0 Å². The minimum atomic E-state index is -0.202. The van der Waals surface area contributed by atoms with Crippen molar-refractivity contribution in [3.05, 3.63) is 17.7 Å². The van der Waals surface area contributed by atoms with Crippen molar-refractivity contribution in [2.75, 3.05) is 35.0 Å². The van der Waals surface area contributed by atoms with Gasteiger partial charge in [0, 0.05) is 7.11 Å². The maximum Gasteiger partial charge on any atom is 0.246 e. The van der Waals surface area contributed by atoms with Crippen LogP contribution in [0.4, 0.5) is 0 Å². The zero-order chi connectivity index (χ0) is 15.1. The van der Waals surface area contributed by atoms with Gasteiger partial charge in [-0.25, -0.2) is 0 Å². The number of methoxy groups -OCH3 is 4. The largest absolute Gasteiger partial charge is 0.493 e. The van der Waals surface area contributed by atoms with E-state index in [2.05, 4.69) is 5.32 Å². The second-order valence-electron chi connectivity index (χ2n) is 4.18. The van der Waals surface area contributed by atoms with Gasteiger partial charge < -0.3 is 24.3 Å². The predicted molar refractivity (Wildman–Crippen MR) is 74.5 cm³/mol. The smallest absolute Gasteiger partial charge is 0.246 e. The fourth-order valence-electron chi connectivity index (χ4n) is 1.85. The highest BCUT2D eigenvalue weighted by atomic mass is 16.5. The van der Waals surface area contributed by atoms with Crippen molar-refractivity contribution < 1.29 is 23.7 Å². The first-order valence-electron chi connectivity index (χ1n) is 6.15. The average Bonchev–Trinajstić information content (AvgIpc) is 2.45. The van der Waals surface area contributed by atoms with E-state index in [4.69, 9.17) is 18.9 Å². The summed E-state index contributed by atoms with van der Waals surface area (Å²) in [5.74, 6) is 1.44. The highest BCUT2D eigenvalue weighted by Crippen LogP contribution is 2.39. The molecule has 0 aliphatic rings. The van der Waals surface area contributed by atoms with Crippen molar-refractivity contribution in [3.63, 3.8) is 0 Å². The lowest BCUT2D eigenvalue weighted by molar-refractivity contribution is -0.125. The van der Waals surface area contributed by atoms with Gasteiger partial charge in [0.05, 0.1) is 27.4 Å². The SMILES string of the molecule is COCC(=O)N[C@@H](C)c1cc(OC)c(OC)c(OC)c1. The van der Waals surface area contributed by atoms with Crippen molar-refractivity contribution in [2.24, 2.45) is 0 Å². The molecule has 0 fully saturated rings. The van der Waals surface area contributed by atoms with Gasteiger partial charge in [0.25, 0.3) is 0 Å². The molecule has 1 rings (SSSR count). The monoisotopic (exact) mass is 283 g/mol. The Hall–Kier alpha value is -1.95. The Labute approximate surface area is 119 Å². The Morgan fingerprint density at radius 3 is 2.05 bits per heavy atom. The minimum Gasteiger partial charge on any atom is -0.493 e. The fraction of sp³-hybridized carbons (Fsp3) is 0.500. The van der Waals surface area contributed by atoms with Crippen LogP contribution in [0.25, 0.3) is 0 Å². The lowest BCUT2D eigenvalue weighted by atomic mass is 10.1. The van der Waals surface area contributed by atoms with Crippen molar-refractivity contribution in [2.45, 2.75) is 13.0 Å². The standard InChI is InChI=1S/C14H21NO5/c1-9(15-13(16)8-17-2)10-6-11(18-3)14(20-5)12(7-10)19-4/h6-7,9H,8H2,1-5H3,(H,15,16)/t9-/m0/s1. The van der Waals surface area contributed by atoms with Crippen LogP contribution in [-0.2, 0) is 9.53 Å². The Kier molecular flexibility index (Phi) is 6.11. The molecule has 0 aliphatic heterocycles. The normalized spacial score (nSPS) is 11.7. The molecule has 0 saturated heterocycles. The third-order valence-electron chi connectivity index (χ3n) is 2.84. The fourth-order valence-corrected chi connectivity index (χ4v) is 1.85. The highest BCUT2D eigenvalue weighted by Gasteiger charge is 2.17. The van der Waals surface area contributed by atoms with Gasteiger partial charge in [-0.15, -0.1) is 0 Å². The van der Waals surface area contributed by atoms with Gasteiger partial charge in [0.15, 0.2) is 11.5 Å². The summed E-state index contributed by atoms with van der Waals surface area (Å²) >= 11 is 0. The van der Waals surface area contributed by atoms with Gasteiger partial charge in [0.2, 0.25) is 11.7 Å². The van der Waals surface area contributed by atoms with Crippen LogP contribution in [0, 0.1) is 0 Å². The Morgan fingerprint density at radius 1 is 1.10 bits per heavy atom. The number of hydrogen-bond acceptors (Lipinski definition) is 5. The third-order valence-corrected chi connectivity index (χ3v) is 2.84. The van der Waals surface area contributed by atoms with E-state index < -0.39 is 0 Å². The summed E-state index contributed by atoms with van der Waals surface area (Å²) in [6.07, 6.45) is 0. The molecule has 0 spiro atoms. The molecule has 1 amide bonds. The van der Waals surface area contributed by atoms with Crippen LogP contribution in [-0.4, -0.2) is 41.0 Å². The van der Waals surface area contributed by atoms with Crippen molar-refractivity contribution in [1.82, 2.24) is 5.32 Å². The highest BCUT2D eigenvalue weighted by molar-refractivity contribution is 5.77. The summed E-state index contributed by atoms with van der Waals surface area (Å²) in [5.41, 5.74) is 0.851. The quantitative estimate of drug-likeness (QED) is 0.822. The van der Waals surface area contributed by atoms with E-state index in [1.165, 1.54) is 7.11 Å². The molecule has 1 atom stereocenters. The zero-order valence-electron chi connectivity index (χ0n) is 12.5. The molecule has 0 saturated carbocycles. The summed E-state index contributed by atoms with van der Waals surface area (Å²) < 4.78 is 20.6. The van der Waals surface area contributed by atoms with Gasteiger partial charge in [0.1, 0.15) is 6.61 Å². The molecule has 20 heavy (non-hydrogen) atoms. The molecule has 0 aliphatic carbocycles. The molecule has 0 heterocycles. The Balaban J connectivity index is 3.03. The molecule has 6 nitrogen and oxygen atoms in total. The van der Waals surface area contributed by atoms with E-state index in [0.29, 0.717) is 17.2 Å². The number of hydrogen-bond donors (Lipinski definition) is 1. The number of carbonyl (C=O) groups excluding carboxylic acids is 1. The number of amides is 1. The second kappa shape index (κ2) is 7.59. The minimum absolute atomic E-state index is 0.0226. The van der Waals surface area contributed by atoms with Gasteiger partial charge in [-0.05, 0) is 24.6 Å². The van der Waals surface area contributed by atoms with Gasteiger partial charge >= 0.3 is 0 Å². The van der Waals surface area contributed by atoms with Crippen LogP contribution in [0.2, 0.25) is 0 Å². The van der Waals surface area contributed by atoms with Gasteiger partial charge in [-0.3, -0.25) is 4.79 Å². The molecular weight excluding hydrogens is 262 g/mol. The van der Waals surface area contributed by atoms with E-state index in [9.17, 15) is 4.79 Å². The summed E-state index contributed by atoms with van der Waals surface area (Å²) in [5, 5.41) is 2.82. The van der Waals surface area contributed by atoms with Crippen LogP contribution in [0.15, 0.2) is 12.1 Å². The molecule has 0 aromatic heterocycles. The van der Waals surface area contributed by atoms with Crippen LogP contribution < -0.4 is 19.5 Å². The Morgan fingerprint density at radius 2 is 1.65 bits per heavy atom. The predicted octanol–water partition coefficient (Wildman–Crippen LogP) is 1.54. The molecule has 0 bridgehead atoms. The van der Waals surface area contributed by atoms with E-state index in [-0.39, 0.29) is 18.6 Å². The molecule has 1 aromatic carbocycles. The molecule has 1 aromatic rings. The lowest BCUT2D eigenvalue weighted by Gasteiger charge is -2.18. The summed E-state index contributed by atoms with van der Waals surface area (Å²) in [7, 11) is 6.12. The van der Waals surface area contributed by atoms with Crippen LogP contribution in [0.1, 0.15) is 18.5 Å². The number of carbonyl (C=O) groups is 1. The van der Waals surface area contributed by atoms with E-state index >= 15 is 0 Å². The number of rotatable bonds is 7. The topological polar surface area (TPSA) is 66.0 Å².